The summed E-state index contributed by atoms with van der Waals surface area (Å²) in [6.45, 7) is 4.43. The third-order valence-electron chi connectivity index (χ3n) is 4.82. The quantitative estimate of drug-likeness (QED) is 0.318. The number of thiol groups is 1. The summed E-state index contributed by atoms with van der Waals surface area (Å²) >= 11 is 4.29. The molecule has 0 fully saturated rings. The molecule has 166 valence electrons. The first-order chi connectivity index (χ1) is 14.9. The molecule has 0 saturated heterocycles. The summed E-state index contributed by atoms with van der Waals surface area (Å²) in [5, 5.41) is 7.45. The molecule has 0 saturated carbocycles. The summed E-state index contributed by atoms with van der Waals surface area (Å²) in [6.07, 6.45) is 1.26. The molecule has 0 heterocycles. The number of hydrogen-bond donors (Lipinski definition) is 4. The van der Waals surface area contributed by atoms with Gasteiger partial charge >= 0.3 is 0 Å². The van der Waals surface area contributed by atoms with E-state index in [0.717, 1.165) is 11.1 Å². The fourth-order valence-electron chi connectivity index (χ4n) is 2.93. The standard InChI is InChI=1S/C24H31N3O3S/c1-17(2)21(31)24(30)27-20(22(28)25-15-13-18-9-5-3-6-10-18)23(29)26-16-14-19-11-7-4-8-12-19/h3-12,17,20-21,31H,13-16H2,1-2H3,(H,25,28)(H,26,29)(H,27,30). The summed E-state index contributed by atoms with van der Waals surface area (Å²) in [7, 11) is 0. The summed E-state index contributed by atoms with van der Waals surface area (Å²) in [5.74, 6) is -1.55. The van der Waals surface area contributed by atoms with Gasteiger partial charge in [0, 0.05) is 13.1 Å². The average molecular weight is 442 g/mol. The van der Waals surface area contributed by atoms with Crippen LogP contribution < -0.4 is 16.0 Å². The van der Waals surface area contributed by atoms with E-state index in [2.05, 4.69) is 28.6 Å². The van der Waals surface area contributed by atoms with Gasteiger partial charge in [-0.05, 0) is 29.9 Å². The van der Waals surface area contributed by atoms with E-state index >= 15 is 0 Å². The van der Waals surface area contributed by atoms with Crippen molar-refractivity contribution in [3.63, 3.8) is 0 Å². The van der Waals surface area contributed by atoms with Crippen molar-refractivity contribution in [2.75, 3.05) is 13.1 Å². The molecule has 0 aromatic heterocycles. The summed E-state index contributed by atoms with van der Waals surface area (Å²) in [4.78, 5) is 37.9. The molecule has 0 bridgehead atoms. The first-order valence-corrected chi connectivity index (χ1v) is 11.0. The number of hydrogen-bond acceptors (Lipinski definition) is 4. The minimum absolute atomic E-state index is 0.0359. The van der Waals surface area contributed by atoms with Crippen molar-refractivity contribution in [1.82, 2.24) is 16.0 Å². The van der Waals surface area contributed by atoms with Crippen LogP contribution in [0.2, 0.25) is 0 Å². The van der Waals surface area contributed by atoms with Crippen LogP contribution in [0.3, 0.4) is 0 Å². The lowest BCUT2D eigenvalue weighted by Gasteiger charge is -2.21. The number of carbonyl (C=O) groups is 3. The van der Waals surface area contributed by atoms with Crippen LogP contribution in [-0.2, 0) is 27.2 Å². The van der Waals surface area contributed by atoms with Crippen molar-refractivity contribution in [3.05, 3.63) is 71.8 Å². The zero-order valence-corrected chi connectivity index (χ0v) is 18.9. The number of carbonyl (C=O) groups excluding carboxylic acids is 3. The minimum atomic E-state index is -1.31. The maximum atomic E-state index is 12.7. The third-order valence-corrected chi connectivity index (χ3v) is 5.65. The predicted octanol–water partition coefficient (Wildman–Crippen LogP) is 2.14. The van der Waals surface area contributed by atoms with E-state index in [9.17, 15) is 14.4 Å². The van der Waals surface area contributed by atoms with E-state index in [1.165, 1.54) is 0 Å². The maximum Gasteiger partial charge on any atom is 0.252 e. The molecular weight excluding hydrogens is 410 g/mol. The SMILES string of the molecule is CC(C)C(S)C(=O)NC(C(=O)NCCc1ccccc1)C(=O)NCCc1ccccc1. The second-order valence-electron chi connectivity index (χ2n) is 7.68. The molecule has 0 spiro atoms. The summed E-state index contributed by atoms with van der Waals surface area (Å²) < 4.78 is 0. The van der Waals surface area contributed by atoms with Gasteiger partial charge in [0.15, 0.2) is 6.04 Å². The van der Waals surface area contributed by atoms with Gasteiger partial charge in [0.1, 0.15) is 0 Å². The van der Waals surface area contributed by atoms with Crippen molar-refractivity contribution in [2.45, 2.75) is 38.0 Å². The highest BCUT2D eigenvalue weighted by Crippen LogP contribution is 2.09. The van der Waals surface area contributed by atoms with Gasteiger partial charge in [-0.25, -0.2) is 0 Å². The van der Waals surface area contributed by atoms with E-state index in [1.54, 1.807) is 0 Å². The molecule has 3 amide bonds. The number of benzene rings is 2. The lowest BCUT2D eigenvalue weighted by molar-refractivity contribution is -0.136. The van der Waals surface area contributed by atoms with E-state index in [4.69, 9.17) is 0 Å². The average Bonchev–Trinajstić information content (AvgIpc) is 2.77. The third kappa shape index (κ3) is 8.45. The van der Waals surface area contributed by atoms with Crippen LogP contribution in [0, 0.1) is 5.92 Å². The highest BCUT2D eigenvalue weighted by Gasteiger charge is 2.30. The molecule has 2 aromatic rings. The zero-order chi connectivity index (χ0) is 22.6. The van der Waals surface area contributed by atoms with E-state index in [-0.39, 0.29) is 5.92 Å². The van der Waals surface area contributed by atoms with Crippen LogP contribution in [0.1, 0.15) is 25.0 Å². The van der Waals surface area contributed by atoms with Crippen molar-refractivity contribution >= 4 is 30.4 Å². The fourth-order valence-corrected chi connectivity index (χ4v) is 3.01. The van der Waals surface area contributed by atoms with Crippen molar-refractivity contribution < 1.29 is 14.4 Å². The minimum Gasteiger partial charge on any atom is -0.354 e. The smallest absolute Gasteiger partial charge is 0.252 e. The number of rotatable bonds is 11. The van der Waals surface area contributed by atoms with Crippen LogP contribution in [-0.4, -0.2) is 42.1 Å². The highest BCUT2D eigenvalue weighted by atomic mass is 32.1. The van der Waals surface area contributed by atoms with E-state index in [1.807, 2.05) is 74.5 Å². The number of nitrogens with one attached hydrogen (secondary N) is 3. The molecule has 0 radical (unpaired) electrons. The maximum absolute atomic E-state index is 12.7. The van der Waals surface area contributed by atoms with Gasteiger partial charge in [0.2, 0.25) is 5.91 Å². The van der Waals surface area contributed by atoms with Gasteiger partial charge in [0.05, 0.1) is 5.25 Å². The molecular formula is C24H31N3O3S. The normalized spacial score (nSPS) is 11.8. The highest BCUT2D eigenvalue weighted by molar-refractivity contribution is 7.81. The van der Waals surface area contributed by atoms with Crippen LogP contribution in [0.4, 0.5) is 0 Å². The Morgan fingerprint density at radius 1 is 0.742 bits per heavy atom. The second kappa shape index (κ2) is 12.8. The molecule has 6 nitrogen and oxygen atoms in total. The molecule has 1 unspecified atom stereocenters. The molecule has 7 heteroatoms. The molecule has 1 atom stereocenters. The van der Waals surface area contributed by atoms with Crippen LogP contribution >= 0.6 is 12.6 Å². The lowest BCUT2D eigenvalue weighted by atomic mass is 10.1. The molecule has 0 aliphatic rings. The Hall–Kier alpha value is -2.80. The Bertz CT molecular complexity index is 786. The Balaban J connectivity index is 1.95. The Morgan fingerprint density at radius 3 is 1.55 bits per heavy atom. The summed E-state index contributed by atoms with van der Waals surface area (Å²) in [6, 6.07) is 18.1. The van der Waals surface area contributed by atoms with Gasteiger partial charge in [-0.3, -0.25) is 14.4 Å². The van der Waals surface area contributed by atoms with Gasteiger partial charge in [-0.15, -0.1) is 0 Å². The Morgan fingerprint density at radius 2 is 1.16 bits per heavy atom. The molecule has 2 aromatic carbocycles. The van der Waals surface area contributed by atoms with Crippen molar-refractivity contribution in [2.24, 2.45) is 5.92 Å². The molecule has 0 aliphatic carbocycles. The molecule has 0 aliphatic heterocycles. The van der Waals surface area contributed by atoms with Gasteiger partial charge < -0.3 is 16.0 Å². The van der Waals surface area contributed by atoms with Crippen LogP contribution in [0.5, 0.6) is 0 Å². The first kappa shape index (κ1) is 24.5. The van der Waals surface area contributed by atoms with E-state index in [0.29, 0.717) is 25.9 Å². The van der Waals surface area contributed by atoms with Gasteiger partial charge in [-0.1, -0.05) is 74.5 Å². The topological polar surface area (TPSA) is 87.3 Å². The van der Waals surface area contributed by atoms with Gasteiger partial charge in [-0.2, -0.15) is 12.6 Å². The molecule has 31 heavy (non-hydrogen) atoms. The van der Waals surface area contributed by atoms with Gasteiger partial charge in [0.25, 0.3) is 11.8 Å². The van der Waals surface area contributed by atoms with Crippen molar-refractivity contribution in [1.29, 1.82) is 0 Å². The monoisotopic (exact) mass is 441 g/mol. The molecule has 2 rings (SSSR count). The second-order valence-corrected chi connectivity index (χ2v) is 8.24. The molecule has 3 N–H and O–H groups in total. The fraction of sp³-hybridized carbons (Fsp3) is 0.375. The van der Waals surface area contributed by atoms with Crippen LogP contribution in [0.15, 0.2) is 60.7 Å². The Kier molecular flexibility index (Phi) is 10.1. The van der Waals surface area contributed by atoms with Crippen molar-refractivity contribution in [3.8, 4) is 0 Å². The predicted molar refractivity (Wildman–Crippen MR) is 126 cm³/mol. The lowest BCUT2D eigenvalue weighted by Crippen LogP contribution is -2.57. The number of amides is 3. The van der Waals surface area contributed by atoms with E-state index < -0.39 is 29.0 Å². The largest absolute Gasteiger partial charge is 0.354 e. The zero-order valence-electron chi connectivity index (χ0n) is 18.0. The van der Waals surface area contributed by atoms with Crippen LogP contribution in [0.25, 0.3) is 0 Å². The first-order valence-electron chi connectivity index (χ1n) is 10.5. The summed E-state index contributed by atoms with van der Waals surface area (Å²) in [5.41, 5.74) is 2.15. The Labute approximate surface area is 189 Å².